The standard InChI is InChI=1S/C19H28O2/c1-7-16(20)18-17(21)9-8-11-19(18,6)12-10-15(13(2)3)14(4)5/h7,18H,1-2,8-12H2,3-6H3/t18-,19-/m0/s1. The number of hydrogen-bond acceptors (Lipinski definition) is 2. The van der Waals surface area contributed by atoms with Crippen molar-refractivity contribution in [1.29, 1.82) is 0 Å². The topological polar surface area (TPSA) is 34.1 Å². The Morgan fingerprint density at radius 3 is 2.48 bits per heavy atom. The van der Waals surface area contributed by atoms with Crippen molar-refractivity contribution in [3.05, 3.63) is 36.0 Å². The summed E-state index contributed by atoms with van der Waals surface area (Å²) in [5.41, 5.74) is 3.35. The minimum absolute atomic E-state index is 0.0859. The molecule has 2 nitrogen and oxygen atoms in total. The van der Waals surface area contributed by atoms with Crippen LogP contribution in [0.1, 0.15) is 59.8 Å². The zero-order chi connectivity index (χ0) is 16.2. The summed E-state index contributed by atoms with van der Waals surface area (Å²) in [5, 5.41) is 0. The molecule has 0 aromatic rings. The van der Waals surface area contributed by atoms with Crippen LogP contribution in [0, 0.1) is 11.3 Å². The fourth-order valence-corrected chi connectivity index (χ4v) is 3.53. The summed E-state index contributed by atoms with van der Waals surface area (Å²) in [7, 11) is 0. The van der Waals surface area contributed by atoms with Gasteiger partial charge in [0.05, 0.1) is 5.92 Å². The maximum atomic E-state index is 12.2. The molecule has 0 aliphatic heterocycles. The third-order valence-corrected chi connectivity index (χ3v) is 4.74. The molecule has 0 unspecified atom stereocenters. The molecule has 1 aliphatic rings. The lowest BCUT2D eigenvalue weighted by Crippen LogP contribution is -2.42. The van der Waals surface area contributed by atoms with Crippen LogP contribution in [0.25, 0.3) is 0 Å². The normalized spacial score (nSPS) is 25.3. The van der Waals surface area contributed by atoms with Gasteiger partial charge in [0.1, 0.15) is 5.78 Å². The first-order valence-corrected chi connectivity index (χ1v) is 7.74. The predicted octanol–water partition coefficient (Wildman–Crippen LogP) is 4.81. The molecule has 0 N–H and O–H groups in total. The van der Waals surface area contributed by atoms with Crippen molar-refractivity contribution in [1.82, 2.24) is 0 Å². The highest BCUT2D eigenvalue weighted by Crippen LogP contribution is 2.44. The molecule has 1 saturated carbocycles. The van der Waals surface area contributed by atoms with E-state index in [2.05, 4.69) is 33.9 Å². The number of Topliss-reactive ketones (excluding diaryl/α,β-unsaturated/α-hetero) is 1. The van der Waals surface area contributed by atoms with Gasteiger partial charge in [-0.1, -0.05) is 31.2 Å². The SMILES string of the molecule is C=CC(=O)[C@H]1C(=O)CCC[C@@]1(C)CCC(C(=C)C)=C(C)C. The molecule has 21 heavy (non-hydrogen) atoms. The van der Waals surface area contributed by atoms with E-state index in [9.17, 15) is 9.59 Å². The summed E-state index contributed by atoms with van der Waals surface area (Å²) in [6.07, 6.45) is 5.37. The molecule has 0 amide bonds. The fraction of sp³-hybridized carbons (Fsp3) is 0.579. The Kier molecular flexibility index (Phi) is 5.88. The lowest BCUT2D eigenvalue weighted by molar-refractivity contribution is -0.138. The van der Waals surface area contributed by atoms with E-state index < -0.39 is 5.92 Å². The minimum atomic E-state index is -0.507. The molecule has 116 valence electrons. The maximum Gasteiger partial charge on any atom is 0.166 e. The molecule has 0 saturated heterocycles. The van der Waals surface area contributed by atoms with E-state index >= 15 is 0 Å². The summed E-state index contributed by atoms with van der Waals surface area (Å²) in [6, 6.07) is 0. The molecule has 0 spiro atoms. The zero-order valence-electron chi connectivity index (χ0n) is 13.9. The predicted molar refractivity (Wildman–Crippen MR) is 88.1 cm³/mol. The van der Waals surface area contributed by atoms with Crippen LogP contribution in [-0.2, 0) is 9.59 Å². The molecule has 0 heterocycles. The molecule has 0 aromatic carbocycles. The van der Waals surface area contributed by atoms with Gasteiger partial charge in [0.25, 0.3) is 0 Å². The summed E-state index contributed by atoms with van der Waals surface area (Å²) < 4.78 is 0. The molecule has 1 fully saturated rings. The average molecular weight is 288 g/mol. The Morgan fingerprint density at radius 1 is 1.38 bits per heavy atom. The van der Waals surface area contributed by atoms with Crippen molar-refractivity contribution in [2.24, 2.45) is 11.3 Å². The second-order valence-electron chi connectivity index (χ2n) is 6.77. The molecule has 0 aromatic heterocycles. The number of rotatable bonds is 6. The average Bonchev–Trinajstić information content (AvgIpc) is 2.37. The molecular weight excluding hydrogens is 260 g/mol. The van der Waals surface area contributed by atoms with Crippen molar-refractivity contribution < 1.29 is 9.59 Å². The van der Waals surface area contributed by atoms with Gasteiger partial charge in [-0.25, -0.2) is 0 Å². The van der Waals surface area contributed by atoms with Crippen LogP contribution in [0.3, 0.4) is 0 Å². The molecule has 1 rings (SSSR count). The number of carbonyl (C=O) groups excluding carboxylic acids is 2. The van der Waals surface area contributed by atoms with E-state index in [0.29, 0.717) is 6.42 Å². The van der Waals surface area contributed by atoms with Crippen molar-refractivity contribution in [3.63, 3.8) is 0 Å². The maximum absolute atomic E-state index is 12.2. The minimum Gasteiger partial charge on any atom is -0.299 e. The largest absolute Gasteiger partial charge is 0.299 e. The van der Waals surface area contributed by atoms with Crippen LogP contribution in [0.15, 0.2) is 36.0 Å². The van der Waals surface area contributed by atoms with E-state index in [1.54, 1.807) is 0 Å². The number of allylic oxidation sites excluding steroid dienone is 4. The Hall–Kier alpha value is -1.44. The van der Waals surface area contributed by atoms with Gasteiger partial charge in [-0.05, 0) is 63.5 Å². The van der Waals surface area contributed by atoms with Gasteiger partial charge >= 0.3 is 0 Å². The third-order valence-electron chi connectivity index (χ3n) is 4.74. The van der Waals surface area contributed by atoms with E-state index in [1.807, 2.05) is 6.92 Å². The van der Waals surface area contributed by atoms with Crippen molar-refractivity contribution in [2.75, 3.05) is 0 Å². The van der Waals surface area contributed by atoms with Gasteiger partial charge < -0.3 is 0 Å². The van der Waals surface area contributed by atoms with E-state index in [0.717, 1.165) is 31.3 Å². The van der Waals surface area contributed by atoms with Crippen LogP contribution in [0.2, 0.25) is 0 Å². The van der Waals surface area contributed by atoms with Gasteiger partial charge in [-0.3, -0.25) is 9.59 Å². The van der Waals surface area contributed by atoms with E-state index in [1.165, 1.54) is 17.2 Å². The molecule has 2 atom stereocenters. The van der Waals surface area contributed by atoms with Crippen LogP contribution < -0.4 is 0 Å². The first kappa shape index (κ1) is 17.6. The highest BCUT2D eigenvalue weighted by Gasteiger charge is 2.44. The number of carbonyl (C=O) groups is 2. The number of ketones is 2. The third kappa shape index (κ3) is 4.03. The lowest BCUT2D eigenvalue weighted by Gasteiger charge is -2.39. The van der Waals surface area contributed by atoms with Gasteiger partial charge in [-0.2, -0.15) is 0 Å². The van der Waals surface area contributed by atoms with Crippen molar-refractivity contribution in [3.8, 4) is 0 Å². The Morgan fingerprint density at radius 2 is 2.00 bits per heavy atom. The molecular formula is C19H28O2. The van der Waals surface area contributed by atoms with Gasteiger partial charge in [0.2, 0.25) is 0 Å². The summed E-state index contributed by atoms with van der Waals surface area (Å²) in [6.45, 7) is 15.9. The van der Waals surface area contributed by atoms with Crippen LogP contribution in [0.4, 0.5) is 0 Å². The van der Waals surface area contributed by atoms with Gasteiger partial charge in [-0.15, -0.1) is 0 Å². The van der Waals surface area contributed by atoms with Crippen LogP contribution in [0.5, 0.6) is 0 Å². The molecule has 2 heteroatoms. The summed E-state index contributed by atoms with van der Waals surface area (Å²) >= 11 is 0. The van der Waals surface area contributed by atoms with Gasteiger partial charge in [0.15, 0.2) is 5.78 Å². The first-order valence-electron chi connectivity index (χ1n) is 7.74. The second-order valence-corrected chi connectivity index (χ2v) is 6.77. The number of hydrogen-bond donors (Lipinski definition) is 0. The van der Waals surface area contributed by atoms with E-state index in [4.69, 9.17) is 0 Å². The quantitative estimate of drug-likeness (QED) is 0.399. The lowest BCUT2D eigenvalue weighted by atomic mass is 9.62. The smallest absolute Gasteiger partial charge is 0.166 e. The molecule has 1 aliphatic carbocycles. The van der Waals surface area contributed by atoms with Crippen LogP contribution in [-0.4, -0.2) is 11.6 Å². The molecule has 0 bridgehead atoms. The summed E-state index contributed by atoms with van der Waals surface area (Å²) in [4.78, 5) is 24.4. The molecule has 0 radical (unpaired) electrons. The Bertz CT molecular complexity index is 492. The highest BCUT2D eigenvalue weighted by atomic mass is 16.1. The fourth-order valence-electron chi connectivity index (χ4n) is 3.53. The van der Waals surface area contributed by atoms with Gasteiger partial charge in [0, 0.05) is 6.42 Å². The van der Waals surface area contributed by atoms with Crippen molar-refractivity contribution >= 4 is 11.6 Å². The summed E-state index contributed by atoms with van der Waals surface area (Å²) in [5.74, 6) is -0.536. The van der Waals surface area contributed by atoms with E-state index in [-0.39, 0.29) is 17.0 Å². The van der Waals surface area contributed by atoms with Crippen molar-refractivity contribution in [2.45, 2.75) is 59.8 Å². The first-order chi connectivity index (χ1) is 9.73. The zero-order valence-corrected chi connectivity index (χ0v) is 13.9. The van der Waals surface area contributed by atoms with Crippen LogP contribution >= 0.6 is 0 Å². The monoisotopic (exact) mass is 288 g/mol. The highest BCUT2D eigenvalue weighted by molar-refractivity contribution is 6.08. The Labute approximate surface area is 129 Å². The Balaban J connectivity index is 2.98. The second kappa shape index (κ2) is 7.02.